The number of benzene rings is 2. The van der Waals surface area contributed by atoms with Crippen molar-refractivity contribution in [2.24, 2.45) is 0 Å². The number of alkyl halides is 3. The third kappa shape index (κ3) is 3.51. The highest BCUT2D eigenvalue weighted by molar-refractivity contribution is 5.79. The minimum Gasteiger partial charge on any atom is -0.355 e. The third-order valence-electron chi connectivity index (χ3n) is 3.36. The van der Waals surface area contributed by atoms with Gasteiger partial charge in [0.1, 0.15) is 0 Å². The van der Waals surface area contributed by atoms with Crippen LogP contribution in [-0.2, 0) is 6.18 Å². The number of pyridine rings is 1. The molecule has 0 saturated heterocycles. The van der Waals surface area contributed by atoms with Crippen molar-refractivity contribution in [2.75, 3.05) is 5.32 Å². The van der Waals surface area contributed by atoms with E-state index < -0.39 is 11.7 Å². The van der Waals surface area contributed by atoms with Crippen LogP contribution in [0.2, 0.25) is 0 Å². The van der Waals surface area contributed by atoms with Crippen molar-refractivity contribution in [2.45, 2.75) is 6.18 Å². The SMILES string of the molecule is FC(F)(F)c1ccc(Nc2ccccc2-c2ccccn2)cc1. The van der Waals surface area contributed by atoms with Crippen molar-refractivity contribution >= 4 is 11.4 Å². The van der Waals surface area contributed by atoms with Crippen LogP contribution < -0.4 is 5.32 Å². The van der Waals surface area contributed by atoms with Gasteiger partial charge in [0.05, 0.1) is 11.3 Å². The number of rotatable bonds is 3. The summed E-state index contributed by atoms with van der Waals surface area (Å²) in [5.74, 6) is 0. The number of nitrogens with zero attached hydrogens (tertiary/aromatic N) is 1. The molecule has 23 heavy (non-hydrogen) atoms. The molecule has 0 radical (unpaired) electrons. The molecular formula is C18H13F3N2. The summed E-state index contributed by atoms with van der Waals surface area (Å²) in [6.45, 7) is 0. The highest BCUT2D eigenvalue weighted by atomic mass is 19.4. The fourth-order valence-corrected chi connectivity index (χ4v) is 2.24. The first-order valence-electron chi connectivity index (χ1n) is 6.99. The molecule has 0 aliphatic heterocycles. The Labute approximate surface area is 131 Å². The monoisotopic (exact) mass is 314 g/mol. The molecule has 5 heteroatoms. The van der Waals surface area contributed by atoms with Gasteiger partial charge in [-0.3, -0.25) is 4.98 Å². The Hall–Kier alpha value is -2.82. The van der Waals surface area contributed by atoms with Gasteiger partial charge in [-0.15, -0.1) is 0 Å². The minimum atomic E-state index is -4.33. The second kappa shape index (κ2) is 6.12. The maximum absolute atomic E-state index is 12.6. The normalized spacial score (nSPS) is 11.3. The summed E-state index contributed by atoms with van der Waals surface area (Å²) in [7, 11) is 0. The summed E-state index contributed by atoms with van der Waals surface area (Å²) in [6.07, 6.45) is -2.63. The smallest absolute Gasteiger partial charge is 0.355 e. The molecule has 3 rings (SSSR count). The molecule has 2 nitrogen and oxygen atoms in total. The molecule has 2 aromatic carbocycles. The van der Waals surface area contributed by atoms with Gasteiger partial charge in [0.25, 0.3) is 0 Å². The van der Waals surface area contributed by atoms with E-state index in [9.17, 15) is 13.2 Å². The largest absolute Gasteiger partial charge is 0.416 e. The zero-order chi connectivity index (χ0) is 16.3. The van der Waals surface area contributed by atoms with Crippen molar-refractivity contribution in [1.82, 2.24) is 4.98 Å². The number of aromatic nitrogens is 1. The molecule has 0 atom stereocenters. The van der Waals surface area contributed by atoms with E-state index in [4.69, 9.17) is 0 Å². The highest BCUT2D eigenvalue weighted by Crippen LogP contribution is 2.32. The van der Waals surface area contributed by atoms with E-state index in [0.717, 1.165) is 29.1 Å². The Balaban J connectivity index is 1.89. The van der Waals surface area contributed by atoms with Gasteiger partial charge in [-0.1, -0.05) is 24.3 Å². The highest BCUT2D eigenvalue weighted by Gasteiger charge is 2.29. The molecule has 1 heterocycles. The van der Waals surface area contributed by atoms with Crippen molar-refractivity contribution in [3.8, 4) is 11.3 Å². The quantitative estimate of drug-likeness (QED) is 0.689. The molecule has 0 unspecified atom stereocenters. The molecule has 0 fully saturated rings. The Morgan fingerprint density at radius 3 is 2.13 bits per heavy atom. The number of nitrogens with one attached hydrogen (secondary N) is 1. The summed E-state index contributed by atoms with van der Waals surface area (Å²) in [4.78, 5) is 4.31. The Bertz CT molecular complexity index is 781. The molecule has 0 saturated carbocycles. The lowest BCUT2D eigenvalue weighted by molar-refractivity contribution is -0.137. The van der Waals surface area contributed by atoms with Gasteiger partial charge < -0.3 is 5.32 Å². The van der Waals surface area contributed by atoms with E-state index in [1.807, 2.05) is 42.5 Å². The van der Waals surface area contributed by atoms with Gasteiger partial charge >= 0.3 is 6.18 Å². The Kier molecular flexibility index (Phi) is 4.02. The molecule has 116 valence electrons. The minimum absolute atomic E-state index is 0.585. The zero-order valence-electron chi connectivity index (χ0n) is 12.0. The molecule has 0 aliphatic carbocycles. The molecule has 1 aromatic heterocycles. The van der Waals surface area contributed by atoms with Gasteiger partial charge in [0.15, 0.2) is 0 Å². The van der Waals surface area contributed by atoms with Gasteiger partial charge in [-0.25, -0.2) is 0 Å². The first kappa shape index (κ1) is 15.1. The molecule has 0 bridgehead atoms. The second-order valence-electron chi connectivity index (χ2n) is 4.96. The average Bonchev–Trinajstić information content (AvgIpc) is 2.56. The van der Waals surface area contributed by atoms with E-state index >= 15 is 0 Å². The fourth-order valence-electron chi connectivity index (χ4n) is 2.24. The zero-order valence-corrected chi connectivity index (χ0v) is 12.0. The van der Waals surface area contributed by atoms with E-state index in [0.29, 0.717) is 5.69 Å². The van der Waals surface area contributed by atoms with Crippen LogP contribution in [0.15, 0.2) is 72.9 Å². The predicted octanol–water partition coefficient (Wildman–Crippen LogP) is 5.51. The summed E-state index contributed by atoms with van der Waals surface area (Å²) < 4.78 is 37.8. The number of hydrogen-bond donors (Lipinski definition) is 1. The molecule has 1 N–H and O–H groups in total. The van der Waals surface area contributed by atoms with E-state index in [1.165, 1.54) is 12.1 Å². The van der Waals surface area contributed by atoms with Crippen LogP contribution in [0.3, 0.4) is 0 Å². The lowest BCUT2D eigenvalue weighted by Gasteiger charge is -2.13. The lowest BCUT2D eigenvalue weighted by atomic mass is 10.1. The fraction of sp³-hybridized carbons (Fsp3) is 0.0556. The average molecular weight is 314 g/mol. The van der Waals surface area contributed by atoms with Gasteiger partial charge in [-0.2, -0.15) is 13.2 Å². The molecule has 0 amide bonds. The van der Waals surface area contributed by atoms with Crippen LogP contribution in [0, 0.1) is 0 Å². The lowest BCUT2D eigenvalue weighted by Crippen LogP contribution is -2.04. The first-order valence-corrected chi connectivity index (χ1v) is 6.99. The van der Waals surface area contributed by atoms with Crippen molar-refractivity contribution in [3.05, 3.63) is 78.5 Å². The number of halogens is 3. The van der Waals surface area contributed by atoms with Crippen molar-refractivity contribution in [3.63, 3.8) is 0 Å². The van der Waals surface area contributed by atoms with Gasteiger partial charge in [-0.05, 0) is 42.5 Å². The summed E-state index contributed by atoms with van der Waals surface area (Å²) in [6, 6.07) is 18.1. The summed E-state index contributed by atoms with van der Waals surface area (Å²) in [5.41, 5.74) is 2.38. The maximum atomic E-state index is 12.6. The molecular weight excluding hydrogens is 301 g/mol. The third-order valence-corrected chi connectivity index (χ3v) is 3.36. The number of hydrogen-bond acceptors (Lipinski definition) is 2. The Morgan fingerprint density at radius 1 is 0.783 bits per heavy atom. The van der Waals surface area contributed by atoms with Crippen LogP contribution in [0.5, 0.6) is 0 Å². The van der Waals surface area contributed by atoms with Crippen molar-refractivity contribution < 1.29 is 13.2 Å². The van der Waals surface area contributed by atoms with Crippen LogP contribution in [-0.4, -0.2) is 4.98 Å². The Morgan fingerprint density at radius 2 is 1.48 bits per heavy atom. The van der Waals surface area contributed by atoms with Crippen molar-refractivity contribution in [1.29, 1.82) is 0 Å². The van der Waals surface area contributed by atoms with Gasteiger partial charge in [0, 0.05) is 23.1 Å². The number of anilines is 2. The topological polar surface area (TPSA) is 24.9 Å². The standard InChI is InChI=1S/C18H13F3N2/c19-18(20,21)13-8-10-14(11-9-13)23-17-7-2-1-5-15(17)16-6-3-4-12-22-16/h1-12,23H. The molecule has 3 aromatic rings. The van der Waals surface area contributed by atoms with Crippen LogP contribution in [0.4, 0.5) is 24.5 Å². The van der Waals surface area contributed by atoms with Crippen LogP contribution in [0.1, 0.15) is 5.56 Å². The van der Waals surface area contributed by atoms with E-state index in [-0.39, 0.29) is 0 Å². The predicted molar refractivity (Wildman–Crippen MR) is 84.4 cm³/mol. The second-order valence-corrected chi connectivity index (χ2v) is 4.96. The van der Waals surface area contributed by atoms with Crippen LogP contribution >= 0.6 is 0 Å². The van der Waals surface area contributed by atoms with E-state index in [1.54, 1.807) is 6.20 Å². The van der Waals surface area contributed by atoms with Gasteiger partial charge in [0.2, 0.25) is 0 Å². The first-order chi connectivity index (χ1) is 11.0. The maximum Gasteiger partial charge on any atom is 0.416 e. The molecule has 0 spiro atoms. The molecule has 0 aliphatic rings. The van der Waals surface area contributed by atoms with E-state index in [2.05, 4.69) is 10.3 Å². The summed E-state index contributed by atoms with van der Waals surface area (Å²) >= 11 is 0. The summed E-state index contributed by atoms with van der Waals surface area (Å²) in [5, 5.41) is 3.14. The van der Waals surface area contributed by atoms with Crippen LogP contribution in [0.25, 0.3) is 11.3 Å². The number of para-hydroxylation sites is 1.